The van der Waals surface area contributed by atoms with Crippen LogP contribution in [0.3, 0.4) is 0 Å². The Balaban J connectivity index is 1.61. The van der Waals surface area contributed by atoms with Crippen LogP contribution in [0, 0.1) is 5.92 Å². The average molecular weight is 408 g/mol. The second-order valence-corrected chi connectivity index (χ2v) is 8.87. The summed E-state index contributed by atoms with van der Waals surface area (Å²) in [7, 11) is 1.67. The Bertz CT molecular complexity index is 1050. The number of ether oxygens (including phenoxy) is 2. The summed E-state index contributed by atoms with van der Waals surface area (Å²) in [6.45, 7) is 3.33. The molecule has 0 bridgehead atoms. The Labute approximate surface area is 176 Å². The number of rotatable bonds is 4. The van der Waals surface area contributed by atoms with Gasteiger partial charge in [-0.2, -0.15) is 5.10 Å². The number of hydrogen-bond donors (Lipinski definition) is 1. The van der Waals surface area contributed by atoms with Crippen molar-refractivity contribution in [1.82, 2.24) is 14.8 Å². The molecule has 1 aliphatic carbocycles. The van der Waals surface area contributed by atoms with Crippen molar-refractivity contribution in [2.45, 2.75) is 50.0 Å². The van der Waals surface area contributed by atoms with E-state index >= 15 is 0 Å². The van der Waals surface area contributed by atoms with E-state index in [1.54, 1.807) is 19.5 Å². The van der Waals surface area contributed by atoms with Gasteiger partial charge < -0.3 is 14.6 Å². The molecule has 3 unspecified atom stereocenters. The van der Waals surface area contributed by atoms with E-state index in [0.717, 1.165) is 54.4 Å². The van der Waals surface area contributed by atoms with Gasteiger partial charge in [0.25, 0.3) is 0 Å². The maximum atomic E-state index is 11.1. The maximum absolute atomic E-state index is 11.1. The van der Waals surface area contributed by atoms with E-state index in [1.807, 2.05) is 23.0 Å². The molecule has 0 amide bonds. The second kappa shape index (κ2) is 7.36. The SMILES string of the molecule is CCC12CCC(O)(COC)CC1CCOc1cc3c(cnn3-c3ccncc3)cc12. The van der Waals surface area contributed by atoms with E-state index in [2.05, 4.69) is 29.1 Å². The molecule has 3 aromatic rings. The van der Waals surface area contributed by atoms with Gasteiger partial charge in [-0.05, 0) is 56.2 Å². The first-order valence-electron chi connectivity index (χ1n) is 10.9. The van der Waals surface area contributed by atoms with E-state index in [1.165, 1.54) is 5.56 Å². The van der Waals surface area contributed by atoms with Crippen LogP contribution in [0.1, 0.15) is 44.6 Å². The average Bonchev–Trinajstić information content (AvgIpc) is 3.10. The first kappa shape index (κ1) is 19.5. The number of benzene rings is 1. The molecule has 6 heteroatoms. The predicted molar refractivity (Wildman–Crippen MR) is 115 cm³/mol. The van der Waals surface area contributed by atoms with Crippen molar-refractivity contribution in [1.29, 1.82) is 0 Å². The second-order valence-electron chi connectivity index (χ2n) is 8.87. The van der Waals surface area contributed by atoms with E-state index in [-0.39, 0.29) is 5.41 Å². The van der Waals surface area contributed by atoms with Crippen LogP contribution in [0.4, 0.5) is 0 Å². The summed E-state index contributed by atoms with van der Waals surface area (Å²) in [6, 6.07) is 8.34. The third-order valence-corrected chi connectivity index (χ3v) is 7.33. The zero-order chi connectivity index (χ0) is 20.8. The quantitative estimate of drug-likeness (QED) is 0.707. The van der Waals surface area contributed by atoms with Crippen LogP contribution >= 0.6 is 0 Å². The lowest BCUT2D eigenvalue weighted by Gasteiger charge is -2.49. The first-order valence-corrected chi connectivity index (χ1v) is 10.9. The largest absolute Gasteiger partial charge is 0.493 e. The molecule has 30 heavy (non-hydrogen) atoms. The van der Waals surface area contributed by atoms with Crippen molar-refractivity contribution in [3.8, 4) is 11.4 Å². The molecule has 1 fully saturated rings. The molecule has 1 aliphatic heterocycles. The molecule has 0 radical (unpaired) electrons. The van der Waals surface area contributed by atoms with Crippen LogP contribution in [0.2, 0.25) is 0 Å². The van der Waals surface area contributed by atoms with Crippen LogP contribution in [0.15, 0.2) is 42.9 Å². The molecule has 3 heterocycles. The van der Waals surface area contributed by atoms with Crippen molar-refractivity contribution in [2.75, 3.05) is 20.3 Å². The fourth-order valence-corrected chi connectivity index (χ4v) is 5.77. The topological polar surface area (TPSA) is 69.4 Å². The molecule has 1 N–H and O–H groups in total. The standard InChI is InChI=1S/C24H29N3O3/c1-3-24-8-7-23(28,16-29-2)14-18(24)6-11-30-22-13-21-17(12-20(22)24)15-26-27(21)19-4-9-25-10-5-19/h4-5,9-10,12-13,15,18,28H,3,6-8,11,14,16H2,1-2H3. The highest BCUT2D eigenvalue weighted by molar-refractivity contribution is 5.83. The van der Waals surface area contributed by atoms with E-state index in [4.69, 9.17) is 9.47 Å². The zero-order valence-corrected chi connectivity index (χ0v) is 17.7. The highest BCUT2D eigenvalue weighted by Gasteiger charge is 2.50. The molecule has 1 aromatic carbocycles. The summed E-state index contributed by atoms with van der Waals surface area (Å²) in [5, 5.41) is 16.8. The summed E-state index contributed by atoms with van der Waals surface area (Å²) in [4.78, 5) is 4.11. The van der Waals surface area contributed by atoms with E-state index in [9.17, 15) is 5.11 Å². The van der Waals surface area contributed by atoms with Crippen molar-refractivity contribution in [2.24, 2.45) is 5.92 Å². The number of pyridine rings is 1. The Morgan fingerprint density at radius 2 is 2.10 bits per heavy atom. The summed E-state index contributed by atoms with van der Waals surface area (Å²) in [6.07, 6.45) is 9.91. The van der Waals surface area contributed by atoms with Gasteiger partial charge in [-0.25, -0.2) is 4.68 Å². The minimum atomic E-state index is -0.737. The number of nitrogens with zero attached hydrogens (tertiary/aromatic N) is 3. The van der Waals surface area contributed by atoms with Crippen molar-refractivity contribution in [3.05, 3.63) is 48.4 Å². The van der Waals surface area contributed by atoms with Crippen LogP contribution in [0.5, 0.6) is 5.75 Å². The monoisotopic (exact) mass is 407 g/mol. The van der Waals surface area contributed by atoms with Gasteiger partial charge in [0.15, 0.2) is 0 Å². The molecule has 6 nitrogen and oxygen atoms in total. The van der Waals surface area contributed by atoms with E-state index in [0.29, 0.717) is 19.1 Å². The number of methoxy groups -OCH3 is 1. The molecule has 0 spiro atoms. The van der Waals surface area contributed by atoms with Crippen LogP contribution in [0.25, 0.3) is 16.6 Å². The molecular formula is C24H29N3O3. The lowest BCUT2D eigenvalue weighted by molar-refractivity contribution is -0.0903. The van der Waals surface area contributed by atoms with Gasteiger partial charge >= 0.3 is 0 Å². The normalized spacial score (nSPS) is 28.4. The molecule has 5 rings (SSSR count). The zero-order valence-electron chi connectivity index (χ0n) is 17.7. The smallest absolute Gasteiger partial charge is 0.125 e. The van der Waals surface area contributed by atoms with Crippen molar-refractivity contribution < 1.29 is 14.6 Å². The minimum absolute atomic E-state index is 0.0127. The summed E-state index contributed by atoms with van der Waals surface area (Å²) in [5.41, 5.74) is 2.57. The first-order chi connectivity index (χ1) is 14.6. The number of aliphatic hydroxyl groups is 1. The van der Waals surface area contributed by atoms with Gasteiger partial charge in [-0.15, -0.1) is 0 Å². The maximum Gasteiger partial charge on any atom is 0.125 e. The van der Waals surface area contributed by atoms with E-state index < -0.39 is 5.60 Å². The fraction of sp³-hybridized carbons (Fsp3) is 0.500. The summed E-state index contributed by atoms with van der Waals surface area (Å²) < 4.78 is 13.6. The lowest BCUT2D eigenvalue weighted by atomic mass is 9.57. The third kappa shape index (κ3) is 3.01. The Kier molecular flexibility index (Phi) is 4.79. The Hall–Kier alpha value is -2.44. The third-order valence-electron chi connectivity index (χ3n) is 7.33. The Morgan fingerprint density at radius 3 is 2.87 bits per heavy atom. The van der Waals surface area contributed by atoms with Crippen molar-refractivity contribution >= 4 is 10.9 Å². The molecule has 3 atom stereocenters. The van der Waals surface area contributed by atoms with Gasteiger partial charge in [-0.3, -0.25) is 4.98 Å². The molecule has 2 aliphatic rings. The summed E-state index contributed by atoms with van der Waals surface area (Å²) in [5.74, 6) is 1.32. The molecule has 1 saturated carbocycles. The van der Waals surface area contributed by atoms with Crippen LogP contribution in [-0.2, 0) is 10.2 Å². The van der Waals surface area contributed by atoms with Gasteiger partial charge in [0.05, 0.1) is 36.2 Å². The molecular weight excluding hydrogens is 378 g/mol. The van der Waals surface area contributed by atoms with Crippen LogP contribution < -0.4 is 4.74 Å². The van der Waals surface area contributed by atoms with Crippen molar-refractivity contribution in [3.63, 3.8) is 0 Å². The lowest BCUT2D eigenvalue weighted by Crippen LogP contribution is -2.49. The number of fused-ring (bicyclic) bond motifs is 4. The fourth-order valence-electron chi connectivity index (χ4n) is 5.77. The number of aromatic nitrogens is 3. The van der Waals surface area contributed by atoms with Crippen LogP contribution in [-0.4, -0.2) is 45.8 Å². The highest BCUT2D eigenvalue weighted by Crippen LogP contribution is 2.54. The molecule has 158 valence electrons. The minimum Gasteiger partial charge on any atom is -0.493 e. The molecule has 2 aromatic heterocycles. The van der Waals surface area contributed by atoms with Gasteiger partial charge in [-0.1, -0.05) is 6.92 Å². The van der Waals surface area contributed by atoms with Gasteiger partial charge in [0.1, 0.15) is 5.75 Å². The van der Waals surface area contributed by atoms with Gasteiger partial charge in [0.2, 0.25) is 0 Å². The Morgan fingerprint density at radius 1 is 1.27 bits per heavy atom. The summed E-state index contributed by atoms with van der Waals surface area (Å²) >= 11 is 0. The highest BCUT2D eigenvalue weighted by atomic mass is 16.5. The predicted octanol–water partition coefficient (Wildman–Crippen LogP) is 4.03. The molecule has 0 saturated heterocycles. The number of hydrogen-bond acceptors (Lipinski definition) is 5. The van der Waals surface area contributed by atoms with Gasteiger partial charge in [0, 0.05) is 41.9 Å².